The Kier molecular flexibility index (Phi) is 5.74. The van der Waals surface area contributed by atoms with Crippen molar-refractivity contribution in [1.82, 2.24) is 15.1 Å². The van der Waals surface area contributed by atoms with E-state index in [0.717, 1.165) is 16.7 Å². The molecule has 2 N–H and O–H groups in total. The number of anilines is 1. The molecule has 0 spiro atoms. The summed E-state index contributed by atoms with van der Waals surface area (Å²) in [4.78, 5) is 43.1. The molecular formula is C28H25ClN4O3. The number of imide groups is 1. The van der Waals surface area contributed by atoms with Crippen molar-refractivity contribution in [2.45, 2.75) is 30.5 Å². The van der Waals surface area contributed by atoms with E-state index in [1.807, 2.05) is 78.9 Å². The summed E-state index contributed by atoms with van der Waals surface area (Å²) in [5.41, 5.74) is 3.59. The fourth-order valence-electron chi connectivity index (χ4n) is 5.36. The first kappa shape index (κ1) is 22.8. The zero-order valence-corrected chi connectivity index (χ0v) is 20.2. The number of benzene rings is 3. The summed E-state index contributed by atoms with van der Waals surface area (Å²) < 4.78 is 0. The molecule has 0 radical (unpaired) electrons. The highest BCUT2D eigenvalue weighted by molar-refractivity contribution is 6.30. The van der Waals surface area contributed by atoms with Crippen molar-refractivity contribution in [3.63, 3.8) is 0 Å². The Hall–Kier alpha value is -3.68. The van der Waals surface area contributed by atoms with E-state index in [1.54, 1.807) is 0 Å². The van der Waals surface area contributed by atoms with Gasteiger partial charge in [0, 0.05) is 41.3 Å². The van der Waals surface area contributed by atoms with Gasteiger partial charge in [0.2, 0.25) is 5.91 Å². The lowest BCUT2D eigenvalue weighted by Crippen LogP contribution is -2.61. The fourth-order valence-corrected chi connectivity index (χ4v) is 5.49. The summed E-state index contributed by atoms with van der Waals surface area (Å²) in [6.07, 6.45) is 0.717. The number of nitrogens with one attached hydrogen (secondary N) is 2. The molecule has 2 unspecified atom stereocenters. The molecule has 7 nitrogen and oxygen atoms in total. The Morgan fingerprint density at radius 2 is 1.64 bits per heavy atom. The van der Waals surface area contributed by atoms with Crippen LogP contribution in [-0.2, 0) is 9.59 Å². The molecule has 1 saturated carbocycles. The van der Waals surface area contributed by atoms with Crippen LogP contribution >= 0.6 is 11.6 Å². The van der Waals surface area contributed by atoms with Crippen LogP contribution in [0.1, 0.15) is 17.9 Å². The number of carbonyl (C=O) groups excluding carboxylic acids is 3. The standard InChI is InChI=1S/C28H25ClN4O3/c29-19-12-10-18(11-13-19)21-14-23(21)33-27(35)25-16-30-15-24(32(25)28(33)36)26(34)31-22-9-5-4-8-20(22)17-6-2-1-3-7-17/h1-13,21,23-25,30H,14-16H2,(H,31,34)/t21?,23?,24-,25-/m0/s1. The minimum Gasteiger partial charge on any atom is -0.324 e. The molecule has 6 rings (SSSR count). The number of rotatable bonds is 5. The van der Waals surface area contributed by atoms with Gasteiger partial charge in [-0.05, 0) is 35.7 Å². The van der Waals surface area contributed by atoms with Gasteiger partial charge in [-0.25, -0.2) is 4.79 Å². The molecule has 3 fully saturated rings. The van der Waals surface area contributed by atoms with E-state index in [0.29, 0.717) is 23.7 Å². The minimum absolute atomic E-state index is 0.0921. The average Bonchev–Trinajstić information content (AvgIpc) is 3.64. The lowest BCUT2D eigenvalue weighted by Gasteiger charge is -2.35. The predicted molar refractivity (Wildman–Crippen MR) is 138 cm³/mol. The molecule has 3 aromatic carbocycles. The molecule has 36 heavy (non-hydrogen) atoms. The lowest BCUT2D eigenvalue weighted by atomic mass is 10.0. The Balaban J connectivity index is 1.22. The number of nitrogens with zero attached hydrogens (tertiary/aromatic N) is 2. The first-order chi connectivity index (χ1) is 17.5. The van der Waals surface area contributed by atoms with Gasteiger partial charge in [0.05, 0.1) is 0 Å². The molecule has 8 heteroatoms. The van der Waals surface area contributed by atoms with Crippen molar-refractivity contribution in [2.24, 2.45) is 0 Å². The van der Waals surface area contributed by atoms with Crippen LogP contribution in [0.15, 0.2) is 78.9 Å². The first-order valence-corrected chi connectivity index (χ1v) is 12.5. The van der Waals surface area contributed by atoms with Gasteiger partial charge in [-0.15, -0.1) is 0 Å². The van der Waals surface area contributed by atoms with E-state index >= 15 is 0 Å². The van der Waals surface area contributed by atoms with Gasteiger partial charge in [0.15, 0.2) is 0 Å². The van der Waals surface area contributed by atoms with Gasteiger partial charge in [0.1, 0.15) is 12.1 Å². The summed E-state index contributed by atoms with van der Waals surface area (Å²) in [5, 5.41) is 6.84. The van der Waals surface area contributed by atoms with Crippen molar-refractivity contribution in [3.05, 3.63) is 89.4 Å². The van der Waals surface area contributed by atoms with Crippen molar-refractivity contribution >= 4 is 35.1 Å². The second kappa shape index (κ2) is 9.08. The molecule has 1 aliphatic carbocycles. The molecule has 4 amide bonds. The summed E-state index contributed by atoms with van der Waals surface area (Å²) in [7, 11) is 0. The quantitative estimate of drug-likeness (QED) is 0.517. The van der Waals surface area contributed by atoms with Crippen molar-refractivity contribution in [3.8, 4) is 11.1 Å². The number of hydrogen-bond acceptors (Lipinski definition) is 4. The molecule has 3 aromatic rings. The van der Waals surface area contributed by atoms with Crippen molar-refractivity contribution < 1.29 is 14.4 Å². The SMILES string of the molecule is O=C(Nc1ccccc1-c1ccccc1)[C@@H]1CNC[C@H]2C(=O)N(C3CC3c3ccc(Cl)cc3)C(=O)N12. The first-order valence-electron chi connectivity index (χ1n) is 12.1. The Labute approximate surface area is 214 Å². The molecule has 0 aromatic heterocycles. The highest BCUT2D eigenvalue weighted by atomic mass is 35.5. The van der Waals surface area contributed by atoms with Crippen molar-refractivity contribution in [1.29, 1.82) is 0 Å². The fraction of sp³-hybridized carbons (Fsp3) is 0.250. The average molecular weight is 501 g/mol. The van der Waals surface area contributed by atoms with Crippen LogP contribution in [0, 0.1) is 0 Å². The van der Waals surface area contributed by atoms with Gasteiger partial charge in [-0.1, -0.05) is 72.3 Å². The molecule has 2 heterocycles. The van der Waals surface area contributed by atoms with Gasteiger partial charge in [-0.2, -0.15) is 0 Å². The molecule has 182 valence electrons. The number of carbonyl (C=O) groups is 3. The number of amides is 4. The van der Waals surface area contributed by atoms with Gasteiger partial charge in [-0.3, -0.25) is 19.4 Å². The number of urea groups is 1. The zero-order chi connectivity index (χ0) is 24.8. The van der Waals surface area contributed by atoms with E-state index < -0.39 is 12.1 Å². The van der Waals surface area contributed by atoms with Crippen LogP contribution in [0.25, 0.3) is 11.1 Å². The zero-order valence-electron chi connectivity index (χ0n) is 19.4. The summed E-state index contributed by atoms with van der Waals surface area (Å²) >= 11 is 6.01. The van der Waals surface area contributed by atoms with Gasteiger partial charge >= 0.3 is 6.03 Å². The van der Waals surface area contributed by atoms with Crippen molar-refractivity contribution in [2.75, 3.05) is 18.4 Å². The third kappa shape index (κ3) is 3.94. The molecule has 4 atom stereocenters. The van der Waals surface area contributed by atoms with E-state index in [-0.39, 0.29) is 36.3 Å². The predicted octanol–water partition coefficient (Wildman–Crippen LogP) is 4.11. The molecule has 3 aliphatic rings. The highest BCUT2D eigenvalue weighted by Gasteiger charge is 2.58. The van der Waals surface area contributed by atoms with Gasteiger partial charge < -0.3 is 10.6 Å². The maximum absolute atomic E-state index is 13.5. The normalized spacial score (nSPS) is 25.0. The van der Waals surface area contributed by atoms with Crippen LogP contribution in [0.4, 0.5) is 10.5 Å². The third-order valence-electron chi connectivity index (χ3n) is 7.26. The lowest BCUT2D eigenvalue weighted by molar-refractivity contribution is -0.130. The minimum atomic E-state index is -0.790. The number of piperazine rings is 1. The molecule has 2 aliphatic heterocycles. The van der Waals surface area contributed by atoms with E-state index in [4.69, 9.17) is 11.6 Å². The maximum atomic E-state index is 13.5. The summed E-state index contributed by atoms with van der Waals surface area (Å²) in [6.45, 7) is 0.623. The second-order valence-electron chi connectivity index (χ2n) is 9.45. The van der Waals surface area contributed by atoms with Crippen LogP contribution in [-0.4, -0.2) is 58.9 Å². The second-order valence-corrected chi connectivity index (χ2v) is 9.89. The van der Waals surface area contributed by atoms with Gasteiger partial charge in [0.25, 0.3) is 5.91 Å². The number of hydrogen-bond donors (Lipinski definition) is 2. The smallest absolute Gasteiger partial charge is 0.324 e. The number of para-hydroxylation sites is 1. The van der Waals surface area contributed by atoms with Crippen LogP contribution in [0.5, 0.6) is 0 Å². The third-order valence-corrected chi connectivity index (χ3v) is 7.51. The topological polar surface area (TPSA) is 81.8 Å². The van der Waals surface area contributed by atoms with E-state index in [2.05, 4.69) is 10.6 Å². The molecule has 2 saturated heterocycles. The molecular weight excluding hydrogens is 476 g/mol. The highest BCUT2D eigenvalue weighted by Crippen LogP contribution is 2.47. The van der Waals surface area contributed by atoms with Crippen LogP contribution in [0.3, 0.4) is 0 Å². The Morgan fingerprint density at radius 3 is 2.42 bits per heavy atom. The monoisotopic (exact) mass is 500 g/mol. The largest absolute Gasteiger partial charge is 0.328 e. The Morgan fingerprint density at radius 1 is 0.917 bits per heavy atom. The van der Waals surface area contributed by atoms with E-state index in [1.165, 1.54) is 9.80 Å². The van der Waals surface area contributed by atoms with Crippen LogP contribution < -0.4 is 10.6 Å². The number of halogens is 1. The maximum Gasteiger partial charge on any atom is 0.328 e. The number of fused-ring (bicyclic) bond motifs is 1. The van der Waals surface area contributed by atoms with E-state index in [9.17, 15) is 14.4 Å². The summed E-state index contributed by atoms with van der Waals surface area (Å²) in [5.74, 6) is -0.464. The Bertz CT molecular complexity index is 1330. The summed E-state index contributed by atoms with van der Waals surface area (Å²) in [6, 6.07) is 22.8. The van der Waals surface area contributed by atoms with Crippen LogP contribution in [0.2, 0.25) is 5.02 Å². The molecule has 0 bridgehead atoms.